The summed E-state index contributed by atoms with van der Waals surface area (Å²) in [7, 11) is 0. The van der Waals surface area contributed by atoms with Gasteiger partial charge >= 0.3 is 237 Å². The van der Waals surface area contributed by atoms with E-state index < -0.39 is 285 Å². The molecule has 144 heavy (non-hydrogen) atoms. The van der Waals surface area contributed by atoms with Gasteiger partial charge in [0.25, 0.3) is 0 Å². The van der Waals surface area contributed by atoms with Gasteiger partial charge < -0.3 is 103 Å². The third-order valence-corrected chi connectivity index (χ3v) is 24.1. The number of amides is 8. The maximum Gasteiger partial charge on any atom is 3.00 e. The average molecular weight is 2630 g/mol. The van der Waals surface area contributed by atoms with Crippen LogP contribution in [0, 0.1) is 165 Å². The van der Waals surface area contributed by atoms with E-state index in [9.17, 15) is 157 Å². The van der Waals surface area contributed by atoms with Crippen molar-refractivity contribution in [2.24, 2.45) is 5.41 Å². The molecular formula is C83H142Gd4N24O33+12. The molecule has 4 aliphatic heterocycles. The number of hydrogen-bond acceptors (Lipinski definition) is 38. The first kappa shape index (κ1) is 138. The van der Waals surface area contributed by atoms with E-state index in [4.69, 9.17) is 4.74 Å². The van der Waals surface area contributed by atoms with E-state index >= 15 is 0 Å². The molecular weight excluding hydrogens is 2490 g/mol. The maximum atomic E-state index is 14.5. The smallest absolute Gasteiger partial charge is 0.480 e. The molecule has 4 saturated heterocycles. The SMILES string of the molecule is CC(=O)OC(=O)CN1CCN(CC(=O)O)CCN([C@H](C)C(=O)NCC(=O)NCC(CNC(=O)CNC(=O)[C@@H](C)N2CCN(CC(=O)O)CCN(CC(=O)O)CCN(CC(=O)O)CC2)(CNC(=O)CNC(=O)[C@@H](C)N2CCN(CC(=O)O)CCN(CC(=O)O)CCN(CC(=O)O)CC2)CNC(=O)CNC(=O)[C@@H](C)N2CCN(CC(=O)O)CCN(CC(=O)O)CCN(CC(=O)O)CC2)CCN(CC(=O)O)CC1.[Gd+3].[Gd+3].[Gd+3].[Gd+3]. The van der Waals surface area contributed by atoms with Crippen LogP contribution in [0.4, 0.5) is 0 Å². The van der Waals surface area contributed by atoms with Crippen LogP contribution in [0.3, 0.4) is 0 Å². The largest absolute Gasteiger partial charge is 3.00 e. The molecule has 0 aromatic carbocycles. The first-order valence-electron chi connectivity index (χ1n) is 46.0. The van der Waals surface area contributed by atoms with Gasteiger partial charge in [0.05, 0.1) is 129 Å². The van der Waals surface area contributed by atoms with Crippen molar-refractivity contribution in [3.63, 3.8) is 0 Å². The quantitative estimate of drug-likeness (QED) is 0.0199. The molecule has 8 amide bonds. The molecule has 19 N–H and O–H groups in total. The Balaban J connectivity index is 0.0000511. The van der Waals surface area contributed by atoms with Crippen LogP contribution >= 0.6 is 0 Å². The van der Waals surface area contributed by atoms with Crippen LogP contribution < -0.4 is 42.5 Å². The summed E-state index contributed by atoms with van der Waals surface area (Å²) in [4.78, 5) is 297. The number of ether oxygens (including phenoxy) is 1. The maximum absolute atomic E-state index is 14.5. The fourth-order valence-corrected chi connectivity index (χ4v) is 15.8. The number of esters is 2. The Morgan fingerprint density at radius 2 is 0.340 bits per heavy atom. The van der Waals surface area contributed by atoms with Crippen LogP contribution in [0.1, 0.15) is 34.6 Å². The van der Waals surface area contributed by atoms with E-state index in [0.29, 0.717) is 0 Å². The number of rotatable bonds is 48. The molecule has 4 radical (unpaired) electrons. The van der Waals surface area contributed by atoms with Crippen LogP contribution in [-0.2, 0) is 105 Å². The summed E-state index contributed by atoms with van der Waals surface area (Å²) in [6.07, 6.45) is 0. The monoisotopic (exact) mass is 2630 g/mol. The van der Waals surface area contributed by atoms with Crippen LogP contribution in [0.15, 0.2) is 0 Å². The van der Waals surface area contributed by atoms with Gasteiger partial charge in [0.1, 0.15) is 0 Å². The number of carbonyl (C=O) groups is 21. The normalized spacial score (nSPS) is 18.5. The summed E-state index contributed by atoms with van der Waals surface area (Å²) in [5, 5.41) is 129. The van der Waals surface area contributed by atoms with E-state index in [1.807, 2.05) is 0 Å². The van der Waals surface area contributed by atoms with Gasteiger partial charge in [0.2, 0.25) is 47.3 Å². The topological polar surface area (TPSA) is 738 Å². The van der Waals surface area contributed by atoms with Crippen molar-refractivity contribution in [3.05, 3.63) is 0 Å². The zero-order valence-electron chi connectivity index (χ0n) is 81.5. The molecule has 57 nitrogen and oxygen atoms in total. The minimum Gasteiger partial charge on any atom is -0.480 e. The summed E-state index contributed by atoms with van der Waals surface area (Å²) in [6, 6.07) is -4.57. The Morgan fingerprint density at radius 3 is 0.465 bits per heavy atom. The summed E-state index contributed by atoms with van der Waals surface area (Å²) in [6.45, 7) is -4.36. The number of nitrogens with zero attached hydrogens (tertiary/aromatic N) is 16. The first-order valence-corrected chi connectivity index (χ1v) is 46.0. The van der Waals surface area contributed by atoms with Crippen LogP contribution in [0.2, 0.25) is 0 Å². The predicted molar refractivity (Wildman–Crippen MR) is 489 cm³/mol. The molecule has 4 fully saturated rings. The number of hydrogen-bond donors (Lipinski definition) is 19. The molecule has 0 aromatic heterocycles. The predicted octanol–water partition coefficient (Wildman–Crippen LogP) is -13.6. The number of aliphatic carboxylic acids is 11. The molecule has 0 aromatic rings. The van der Waals surface area contributed by atoms with Gasteiger partial charge in [-0.25, -0.2) is 0 Å². The third kappa shape index (κ3) is 60.5. The standard InChI is InChI=1S/C83H142N24O33.4Gd/c1-58(104-30-22-95(45-70(119)120)12-6-92(42-67(113)114)7-13-96(23-31-104)46-71(121)122)79(136)84-38-63(109)88-54-83(55-89-64(110)39-85-80(137)59(2)105-32-24-97(47-72(123)124)14-8-93(43-68(115)116)9-15-98(25-33-105)48-73(125)126,56-90-65(111)40-86-81(138)60(3)106-34-26-99(49-74(127)128)16-10-94(44-69(117)118)11-17-100(27-35-106)50-75(129)130)57-91-66(112)41-87-82(139)61(4)107-36-28-101(51-76(131)132)18-20-103(53-78(135)140-62(5)108)21-19-102(29-37-107)52-77(133)134;;;;/h58-61H,6-57H2,1-5H3,(H,84,136)(H,85,137)(H,86,138)(H,87,139)(H,88,109)(H,89,110)(H,90,111)(H,91,112)(H,113,114)(H,115,116)(H,117,118)(H,119,120)(H,121,122)(H,123,124)(H,125,126)(H,127,128)(H,129,130)(H,131,132)(H,133,134);;;;/q;4*+3/t58-,59-,60-,61-;;;;/m1..../s1. The molecule has 4 aliphatic rings. The van der Waals surface area contributed by atoms with Gasteiger partial charge in [-0.3, -0.25) is 179 Å². The third-order valence-electron chi connectivity index (χ3n) is 24.1. The second-order valence-corrected chi connectivity index (χ2v) is 34.9. The molecule has 0 unspecified atom stereocenters. The Kier molecular flexibility index (Phi) is 71.4. The van der Waals surface area contributed by atoms with E-state index in [1.165, 1.54) is 81.6 Å². The summed E-state index contributed by atoms with van der Waals surface area (Å²) >= 11 is 0. The molecule has 0 bridgehead atoms. The van der Waals surface area contributed by atoms with Crippen LogP contribution in [0.25, 0.3) is 0 Å². The van der Waals surface area contributed by atoms with E-state index in [0.717, 1.165) is 6.92 Å². The van der Waals surface area contributed by atoms with Gasteiger partial charge in [-0.15, -0.1) is 0 Å². The van der Waals surface area contributed by atoms with Crippen molar-refractivity contribution >= 4 is 125 Å². The van der Waals surface area contributed by atoms with Gasteiger partial charge in [0.15, 0.2) is 0 Å². The molecule has 61 heteroatoms. The molecule has 0 aliphatic carbocycles. The fraction of sp³-hybridized carbons (Fsp3) is 0.747. The Bertz CT molecular complexity index is 3740. The average Bonchev–Trinajstić information content (AvgIpc) is 0.845. The van der Waals surface area contributed by atoms with E-state index in [2.05, 4.69) is 42.5 Å². The number of carbonyl (C=O) groups excluding carboxylic acids is 10. The van der Waals surface area contributed by atoms with Gasteiger partial charge in [0, 0.05) is 248 Å². The number of carboxylic acids is 11. The van der Waals surface area contributed by atoms with Crippen molar-refractivity contribution in [2.75, 3.05) is 340 Å². The second-order valence-electron chi connectivity index (χ2n) is 34.9. The Hall–Kier alpha value is -6.27. The van der Waals surface area contributed by atoms with Crippen molar-refractivity contribution < 1.29 is 321 Å². The van der Waals surface area contributed by atoms with Crippen molar-refractivity contribution in [2.45, 2.75) is 58.8 Å². The molecule has 0 spiro atoms. The van der Waals surface area contributed by atoms with Crippen molar-refractivity contribution in [1.82, 2.24) is 121 Å². The summed E-state index contributed by atoms with van der Waals surface area (Å²) < 4.78 is 4.72. The fourth-order valence-electron chi connectivity index (χ4n) is 15.8. The van der Waals surface area contributed by atoms with E-state index in [1.54, 1.807) is 24.5 Å². The zero-order chi connectivity index (χ0) is 104. The molecule has 812 valence electrons. The zero-order valence-corrected chi connectivity index (χ0v) is 90.6. The van der Waals surface area contributed by atoms with Crippen LogP contribution in [-0.4, -0.2) is 624 Å². The number of carboxylic acid groups (broad SMARTS) is 11. The number of nitrogens with one attached hydrogen (secondary N) is 8. The van der Waals surface area contributed by atoms with E-state index in [-0.39, 0.29) is 369 Å². The van der Waals surface area contributed by atoms with Gasteiger partial charge in [-0.2, -0.15) is 0 Å². The summed E-state index contributed by atoms with van der Waals surface area (Å²) in [5.41, 5.74) is -1.90. The van der Waals surface area contributed by atoms with Gasteiger partial charge in [-0.1, -0.05) is 0 Å². The molecule has 4 heterocycles. The first-order chi connectivity index (χ1) is 66.0. The Morgan fingerprint density at radius 1 is 0.215 bits per heavy atom. The molecule has 4 atom stereocenters. The second kappa shape index (κ2) is 74.6. The molecule has 0 saturated carbocycles. The Labute approximate surface area is 961 Å². The minimum atomic E-state index is -1.90. The minimum absolute atomic E-state index is 0. The summed E-state index contributed by atoms with van der Waals surface area (Å²) in [5.74, 6) is -22.1. The van der Waals surface area contributed by atoms with Crippen molar-refractivity contribution in [3.8, 4) is 0 Å². The van der Waals surface area contributed by atoms with Crippen molar-refractivity contribution in [1.29, 1.82) is 0 Å². The molecule has 4 rings (SSSR count). The van der Waals surface area contributed by atoms with Gasteiger partial charge in [-0.05, 0) is 27.7 Å². The van der Waals surface area contributed by atoms with Crippen LogP contribution in [0.5, 0.6) is 0 Å².